The normalized spacial score (nSPS) is 13.1. The van der Waals surface area contributed by atoms with Gasteiger partial charge in [-0.25, -0.2) is 8.78 Å². The standard InChI is InChI=1S/C17H12F4N4O2/c18-10-1-8(2-11(19)4-10)6-25-7-13-12(17(25)26)3-9(5-24-13)15(22)27-16(23)14(20)21/h1-5,14,22-23H,6-7H2. The molecule has 0 fully saturated rings. The lowest BCUT2D eigenvalue weighted by Gasteiger charge is -2.15. The zero-order valence-electron chi connectivity index (χ0n) is 13.6. The summed E-state index contributed by atoms with van der Waals surface area (Å²) in [5.41, 5.74) is 0.708. The summed E-state index contributed by atoms with van der Waals surface area (Å²) in [7, 11) is 0. The molecule has 0 aliphatic carbocycles. The largest absolute Gasteiger partial charge is 0.419 e. The summed E-state index contributed by atoms with van der Waals surface area (Å²) in [4.78, 5) is 17.8. The molecule has 1 amide bonds. The van der Waals surface area contributed by atoms with Crippen molar-refractivity contribution in [2.75, 3.05) is 0 Å². The van der Waals surface area contributed by atoms with E-state index in [0.29, 0.717) is 5.69 Å². The van der Waals surface area contributed by atoms with Gasteiger partial charge in [0.25, 0.3) is 11.8 Å². The van der Waals surface area contributed by atoms with Gasteiger partial charge in [0.15, 0.2) is 0 Å². The van der Waals surface area contributed by atoms with E-state index in [0.717, 1.165) is 18.2 Å². The molecule has 27 heavy (non-hydrogen) atoms. The van der Waals surface area contributed by atoms with Crippen LogP contribution in [0.5, 0.6) is 0 Å². The molecule has 2 aromatic rings. The fourth-order valence-corrected chi connectivity index (χ4v) is 2.62. The molecule has 0 saturated carbocycles. The number of hydrogen-bond acceptors (Lipinski definition) is 5. The lowest BCUT2D eigenvalue weighted by molar-refractivity contribution is 0.0766. The molecule has 1 aromatic heterocycles. The number of nitrogens with one attached hydrogen (secondary N) is 2. The highest BCUT2D eigenvalue weighted by Gasteiger charge is 2.30. The van der Waals surface area contributed by atoms with Gasteiger partial charge in [0, 0.05) is 18.8 Å². The molecule has 0 spiro atoms. The molecule has 10 heteroatoms. The van der Waals surface area contributed by atoms with E-state index in [1.54, 1.807) is 0 Å². The quantitative estimate of drug-likeness (QED) is 0.485. The molecule has 2 N–H and O–H groups in total. The zero-order chi connectivity index (χ0) is 19.7. The average molecular weight is 380 g/mol. The molecule has 2 heterocycles. The number of carbonyl (C=O) groups excluding carboxylic acids is 1. The number of aromatic nitrogens is 1. The van der Waals surface area contributed by atoms with Crippen LogP contribution in [0.15, 0.2) is 30.5 Å². The Kier molecular flexibility index (Phi) is 4.89. The third kappa shape index (κ3) is 3.94. The van der Waals surface area contributed by atoms with Crippen LogP contribution >= 0.6 is 0 Å². The van der Waals surface area contributed by atoms with Crippen LogP contribution in [0.1, 0.15) is 27.2 Å². The van der Waals surface area contributed by atoms with Gasteiger partial charge in [-0.2, -0.15) is 8.78 Å². The highest BCUT2D eigenvalue weighted by atomic mass is 19.3. The Hall–Kier alpha value is -3.30. The SMILES string of the molecule is N=C(OC(=N)C(F)F)c1cnc2c(c1)C(=O)N(Cc1cc(F)cc(F)c1)C2. The number of hydrogen-bond donors (Lipinski definition) is 2. The molecule has 0 radical (unpaired) electrons. The van der Waals surface area contributed by atoms with Gasteiger partial charge < -0.3 is 9.64 Å². The van der Waals surface area contributed by atoms with Crippen molar-refractivity contribution in [3.8, 4) is 0 Å². The van der Waals surface area contributed by atoms with E-state index in [-0.39, 0.29) is 29.8 Å². The van der Waals surface area contributed by atoms with Crippen LogP contribution in [-0.4, -0.2) is 34.0 Å². The topological polar surface area (TPSA) is 90.1 Å². The summed E-state index contributed by atoms with van der Waals surface area (Å²) in [5.74, 6) is -4.14. The van der Waals surface area contributed by atoms with Crippen molar-refractivity contribution in [2.45, 2.75) is 19.5 Å². The lowest BCUT2D eigenvalue weighted by Crippen LogP contribution is -2.23. The minimum absolute atomic E-state index is 0.0499. The number of rotatable bonds is 4. The van der Waals surface area contributed by atoms with Crippen molar-refractivity contribution in [1.82, 2.24) is 9.88 Å². The third-order valence-electron chi connectivity index (χ3n) is 3.80. The number of alkyl halides is 2. The van der Waals surface area contributed by atoms with Crippen LogP contribution in [0.2, 0.25) is 0 Å². The summed E-state index contributed by atoms with van der Waals surface area (Å²) in [6.45, 7) is 0.0385. The molecule has 0 bridgehead atoms. The van der Waals surface area contributed by atoms with Crippen molar-refractivity contribution in [3.63, 3.8) is 0 Å². The number of fused-ring (bicyclic) bond motifs is 1. The minimum Gasteiger partial charge on any atom is -0.419 e. The van der Waals surface area contributed by atoms with Gasteiger partial charge in [-0.3, -0.25) is 20.6 Å². The second-order valence-corrected chi connectivity index (χ2v) is 5.75. The first-order valence-corrected chi connectivity index (χ1v) is 7.61. The maximum Gasteiger partial charge on any atom is 0.312 e. The van der Waals surface area contributed by atoms with Crippen LogP contribution in [0.4, 0.5) is 17.6 Å². The molecule has 6 nitrogen and oxygen atoms in total. The van der Waals surface area contributed by atoms with Gasteiger partial charge in [-0.1, -0.05) is 0 Å². The number of ether oxygens (including phenoxy) is 1. The maximum absolute atomic E-state index is 13.3. The first kappa shape index (κ1) is 18.5. The Labute approximate surface area is 150 Å². The van der Waals surface area contributed by atoms with E-state index >= 15 is 0 Å². The second kappa shape index (κ2) is 7.14. The predicted octanol–water partition coefficient (Wildman–Crippen LogP) is 3.10. The van der Waals surface area contributed by atoms with E-state index in [4.69, 9.17) is 10.8 Å². The molecule has 3 rings (SSSR count). The molecule has 0 unspecified atom stereocenters. The molecule has 1 aliphatic heterocycles. The van der Waals surface area contributed by atoms with E-state index in [1.807, 2.05) is 0 Å². The molecule has 1 aliphatic rings. The predicted molar refractivity (Wildman–Crippen MR) is 85.8 cm³/mol. The molecule has 0 saturated heterocycles. The monoisotopic (exact) mass is 380 g/mol. The number of halogens is 4. The van der Waals surface area contributed by atoms with Gasteiger partial charge in [0.2, 0.25) is 5.90 Å². The summed E-state index contributed by atoms with van der Waals surface area (Å²) in [6, 6.07) is 4.19. The third-order valence-corrected chi connectivity index (χ3v) is 3.80. The Balaban J connectivity index is 1.77. The Morgan fingerprint density at radius 3 is 2.48 bits per heavy atom. The first-order chi connectivity index (χ1) is 12.7. The van der Waals surface area contributed by atoms with Gasteiger partial charge >= 0.3 is 6.43 Å². The Morgan fingerprint density at radius 1 is 1.19 bits per heavy atom. The average Bonchev–Trinajstić information content (AvgIpc) is 2.89. The van der Waals surface area contributed by atoms with E-state index in [1.165, 1.54) is 17.2 Å². The molecule has 0 atom stereocenters. The van der Waals surface area contributed by atoms with Crippen LogP contribution in [0.25, 0.3) is 0 Å². The molecular formula is C17H12F4N4O2. The van der Waals surface area contributed by atoms with E-state index < -0.39 is 35.8 Å². The van der Waals surface area contributed by atoms with Crippen molar-refractivity contribution in [1.29, 1.82) is 10.8 Å². The van der Waals surface area contributed by atoms with Crippen molar-refractivity contribution < 1.29 is 27.1 Å². The molecular weight excluding hydrogens is 368 g/mol. The van der Waals surface area contributed by atoms with Crippen molar-refractivity contribution >= 4 is 17.7 Å². The van der Waals surface area contributed by atoms with E-state index in [9.17, 15) is 22.4 Å². The highest BCUT2D eigenvalue weighted by molar-refractivity contribution is 6.03. The summed E-state index contributed by atoms with van der Waals surface area (Å²) in [5, 5.41) is 14.6. The Bertz CT molecular complexity index is 928. The minimum atomic E-state index is -3.17. The van der Waals surface area contributed by atoms with Gasteiger partial charge in [-0.15, -0.1) is 0 Å². The molecule has 140 valence electrons. The van der Waals surface area contributed by atoms with Crippen LogP contribution in [-0.2, 0) is 17.8 Å². The number of benzene rings is 1. The summed E-state index contributed by atoms with van der Waals surface area (Å²) < 4.78 is 55.7. The zero-order valence-corrected chi connectivity index (χ0v) is 13.6. The number of pyridine rings is 1. The Morgan fingerprint density at radius 2 is 1.85 bits per heavy atom. The number of amides is 1. The summed E-state index contributed by atoms with van der Waals surface area (Å²) in [6.07, 6.45) is -2.00. The lowest BCUT2D eigenvalue weighted by atomic mass is 10.1. The smallest absolute Gasteiger partial charge is 0.312 e. The van der Waals surface area contributed by atoms with Gasteiger partial charge in [-0.05, 0) is 23.8 Å². The second-order valence-electron chi connectivity index (χ2n) is 5.75. The highest BCUT2D eigenvalue weighted by Crippen LogP contribution is 2.24. The fraction of sp³-hybridized carbons (Fsp3) is 0.176. The maximum atomic E-state index is 13.3. The number of carbonyl (C=O) groups is 1. The van der Waals surface area contributed by atoms with Crippen LogP contribution in [0.3, 0.4) is 0 Å². The fourth-order valence-electron chi connectivity index (χ4n) is 2.62. The van der Waals surface area contributed by atoms with Gasteiger partial charge in [0.1, 0.15) is 11.6 Å². The summed E-state index contributed by atoms with van der Waals surface area (Å²) >= 11 is 0. The van der Waals surface area contributed by atoms with Crippen LogP contribution in [0, 0.1) is 22.5 Å². The van der Waals surface area contributed by atoms with Crippen LogP contribution < -0.4 is 0 Å². The molecule has 1 aromatic carbocycles. The van der Waals surface area contributed by atoms with Crippen molar-refractivity contribution in [3.05, 3.63) is 64.5 Å². The van der Waals surface area contributed by atoms with E-state index in [2.05, 4.69) is 9.72 Å². The van der Waals surface area contributed by atoms with Crippen molar-refractivity contribution in [2.24, 2.45) is 0 Å². The van der Waals surface area contributed by atoms with Gasteiger partial charge in [0.05, 0.1) is 23.4 Å². The first-order valence-electron chi connectivity index (χ1n) is 7.61. The number of nitrogens with zero attached hydrogens (tertiary/aromatic N) is 2.